The molecule has 1 amide bonds. The molecule has 4 heterocycles. The van der Waals surface area contributed by atoms with Crippen LogP contribution in [0.1, 0.15) is 41.1 Å². The Bertz CT molecular complexity index is 1390. The minimum atomic E-state index is -0.466. The number of anilines is 1. The summed E-state index contributed by atoms with van der Waals surface area (Å²) in [5.41, 5.74) is 4.23. The number of benzene rings is 1. The minimum Gasteiger partial charge on any atom is -0.352 e. The number of carbonyl (C=O) groups is 1. The average molecular weight is 521 g/mol. The number of thiazole rings is 1. The molecule has 0 spiro atoms. The monoisotopic (exact) mass is 520 g/mol. The molecular weight excluding hydrogens is 495 g/mol. The van der Waals surface area contributed by atoms with Crippen LogP contribution in [-0.2, 0) is 4.79 Å². The van der Waals surface area contributed by atoms with Crippen LogP contribution in [0, 0.1) is 19.7 Å². The molecule has 1 saturated heterocycles. The van der Waals surface area contributed by atoms with E-state index in [2.05, 4.69) is 45.1 Å². The highest BCUT2D eigenvalue weighted by atomic mass is 32.1. The highest BCUT2D eigenvalue weighted by Crippen LogP contribution is 2.41. The van der Waals surface area contributed by atoms with Gasteiger partial charge in [-0.05, 0) is 62.0 Å². The predicted octanol–water partition coefficient (Wildman–Crippen LogP) is 5.09. The molecule has 10 heteroatoms. The SMILES string of the molecule is Cc1cc([C@H]2[C@@H](c3ccccn3)NC(=S)N2CCC(=O)Nc2ccccc2F)c(C)n1-c1nccs1. The third-order valence-electron chi connectivity index (χ3n) is 6.32. The van der Waals surface area contributed by atoms with Gasteiger partial charge in [0.1, 0.15) is 5.82 Å². The molecule has 5 rings (SSSR count). The van der Waals surface area contributed by atoms with Crippen molar-refractivity contribution in [3.8, 4) is 5.13 Å². The lowest BCUT2D eigenvalue weighted by molar-refractivity contribution is -0.116. The van der Waals surface area contributed by atoms with Gasteiger partial charge in [-0.2, -0.15) is 0 Å². The van der Waals surface area contributed by atoms with E-state index in [1.165, 1.54) is 6.07 Å². The Morgan fingerprint density at radius 2 is 1.97 bits per heavy atom. The molecule has 2 atom stereocenters. The van der Waals surface area contributed by atoms with E-state index in [0.717, 1.165) is 27.8 Å². The van der Waals surface area contributed by atoms with Crippen LogP contribution in [0.25, 0.3) is 5.13 Å². The zero-order chi connectivity index (χ0) is 25.2. The van der Waals surface area contributed by atoms with E-state index in [1.807, 2.05) is 28.5 Å². The van der Waals surface area contributed by atoms with E-state index in [0.29, 0.717) is 11.7 Å². The quantitative estimate of drug-likeness (QED) is 0.331. The zero-order valence-electron chi connectivity index (χ0n) is 19.8. The van der Waals surface area contributed by atoms with Crippen LogP contribution >= 0.6 is 23.6 Å². The van der Waals surface area contributed by atoms with Gasteiger partial charge in [-0.3, -0.25) is 14.3 Å². The van der Waals surface area contributed by atoms with Gasteiger partial charge in [0, 0.05) is 42.1 Å². The lowest BCUT2D eigenvalue weighted by Gasteiger charge is -2.28. The maximum absolute atomic E-state index is 14.0. The number of amides is 1. The number of carbonyl (C=O) groups excluding carboxylic acids is 1. The molecule has 0 bridgehead atoms. The van der Waals surface area contributed by atoms with E-state index in [4.69, 9.17) is 12.2 Å². The maximum atomic E-state index is 14.0. The highest BCUT2D eigenvalue weighted by molar-refractivity contribution is 7.80. The summed E-state index contributed by atoms with van der Waals surface area (Å²) in [5, 5.41) is 9.49. The largest absolute Gasteiger partial charge is 0.352 e. The van der Waals surface area contributed by atoms with Crippen LogP contribution in [0.5, 0.6) is 0 Å². The number of hydrogen-bond acceptors (Lipinski definition) is 5. The summed E-state index contributed by atoms with van der Waals surface area (Å²) in [5.74, 6) is -0.747. The molecule has 0 radical (unpaired) electrons. The fraction of sp³-hybridized carbons (Fsp3) is 0.231. The van der Waals surface area contributed by atoms with Crippen molar-refractivity contribution in [3.05, 3.63) is 94.8 Å². The Morgan fingerprint density at radius 1 is 1.17 bits per heavy atom. The van der Waals surface area contributed by atoms with Gasteiger partial charge >= 0.3 is 0 Å². The summed E-state index contributed by atoms with van der Waals surface area (Å²) in [6.07, 6.45) is 3.70. The molecule has 36 heavy (non-hydrogen) atoms. The Morgan fingerprint density at radius 3 is 2.69 bits per heavy atom. The van der Waals surface area contributed by atoms with E-state index in [9.17, 15) is 9.18 Å². The number of thiocarbonyl (C=S) groups is 1. The molecule has 1 aromatic carbocycles. The molecule has 2 N–H and O–H groups in total. The number of hydrogen-bond donors (Lipinski definition) is 2. The Labute approximate surface area is 218 Å². The Hall–Kier alpha value is -3.63. The molecule has 4 aromatic rings. The first kappa shape index (κ1) is 24.1. The first-order valence-electron chi connectivity index (χ1n) is 11.5. The fourth-order valence-corrected chi connectivity index (χ4v) is 5.77. The van der Waals surface area contributed by atoms with Crippen LogP contribution < -0.4 is 10.6 Å². The number of rotatable bonds is 7. The van der Waals surface area contributed by atoms with Crippen molar-refractivity contribution < 1.29 is 9.18 Å². The second-order valence-corrected chi connectivity index (χ2v) is 9.83. The van der Waals surface area contributed by atoms with E-state index in [1.54, 1.807) is 41.9 Å². The van der Waals surface area contributed by atoms with Gasteiger partial charge in [0.2, 0.25) is 5.91 Å². The summed E-state index contributed by atoms with van der Waals surface area (Å²) < 4.78 is 16.1. The van der Waals surface area contributed by atoms with Crippen molar-refractivity contribution in [2.45, 2.75) is 32.4 Å². The van der Waals surface area contributed by atoms with Gasteiger partial charge in [0.05, 0.1) is 23.5 Å². The molecule has 0 aliphatic carbocycles. The lowest BCUT2D eigenvalue weighted by Crippen LogP contribution is -2.33. The number of nitrogens with one attached hydrogen (secondary N) is 2. The first-order chi connectivity index (χ1) is 17.4. The van der Waals surface area contributed by atoms with Gasteiger partial charge < -0.3 is 15.5 Å². The lowest BCUT2D eigenvalue weighted by atomic mass is 9.96. The normalized spacial score (nSPS) is 17.3. The van der Waals surface area contributed by atoms with E-state index < -0.39 is 5.82 Å². The van der Waals surface area contributed by atoms with Crippen molar-refractivity contribution in [1.82, 2.24) is 24.8 Å². The van der Waals surface area contributed by atoms with Gasteiger partial charge in [0.15, 0.2) is 10.2 Å². The molecule has 0 unspecified atom stereocenters. The number of nitrogens with zero attached hydrogens (tertiary/aromatic N) is 4. The Balaban J connectivity index is 1.46. The number of pyridine rings is 1. The molecular formula is C26H25FN6OS2. The highest BCUT2D eigenvalue weighted by Gasteiger charge is 2.41. The topological polar surface area (TPSA) is 75.1 Å². The fourth-order valence-electron chi connectivity index (χ4n) is 4.69. The maximum Gasteiger partial charge on any atom is 0.226 e. The third-order valence-corrected chi connectivity index (χ3v) is 7.43. The zero-order valence-corrected chi connectivity index (χ0v) is 21.4. The second kappa shape index (κ2) is 10.2. The van der Waals surface area contributed by atoms with Crippen molar-refractivity contribution in [3.63, 3.8) is 0 Å². The number of halogens is 1. The average Bonchev–Trinajstić information content (AvgIpc) is 3.58. The minimum absolute atomic E-state index is 0.146. The van der Waals surface area contributed by atoms with E-state index >= 15 is 0 Å². The molecule has 7 nitrogen and oxygen atoms in total. The van der Waals surface area contributed by atoms with Crippen molar-refractivity contribution in [1.29, 1.82) is 0 Å². The van der Waals surface area contributed by atoms with Crippen LogP contribution in [0.2, 0.25) is 0 Å². The Kier molecular flexibility index (Phi) is 6.80. The summed E-state index contributed by atoms with van der Waals surface area (Å²) in [6, 6.07) is 13.7. The molecule has 0 saturated carbocycles. The number of aryl methyl sites for hydroxylation is 1. The van der Waals surface area contributed by atoms with Crippen molar-refractivity contribution in [2.75, 3.05) is 11.9 Å². The van der Waals surface area contributed by atoms with Crippen LogP contribution in [-0.4, -0.2) is 37.0 Å². The predicted molar refractivity (Wildman–Crippen MR) is 143 cm³/mol. The standard InChI is InChI=1S/C26H25FN6OS2/c1-16-15-18(17(2)33(16)26-29-12-14-36-26)24-23(21-9-5-6-11-28-21)31-25(35)32(24)13-10-22(34)30-20-8-4-3-7-19(20)27/h3-9,11-12,14-15,23-24H,10,13H2,1-2H3,(H,30,34)(H,31,35)/t23-,24+/m1/s1. The summed E-state index contributed by atoms with van der Waals surface area (Å²) in [7, 11) is 0. The number of aromatic nitrogens is 3. The summed E-state index contributed by atoms with van der Waals surface area (Å²) in [4.78, 5) is 23.8. The van der Waals surface area contributed by atoms with Crippen LogP contribution in [0.15, 0.2) is 66.3 Å². The van der Waals surface area contributed by atoms with Gasteiger partial charge in [-0.25, -0.2) is 9.37 Å². The molecule has 1 aliphatic heterocycles. The molecule has 3 aromatic heterocycles. The third kappa shape index (κ3) is 4.61. The van der Waals surface area contributed by atoms with Crippen molar-refractivity contribution >= 4 is 40.3 Å². The van der Waals surface area contributed by atoms with Gasteiger partial charge in [-0.15, -0.1) is 11.3 Å². The van der Waals surface area contributed by atoms with E-state index in [-0.39, 0.29) is 30.1 Å². The van der Waals surface area contributed by atoms with Crippen molar-refractivity contribution in [2.24, 2.45) is 0 Å². The molecule has 1 aliphatic rings. The second-order valence-electron chi connectivity index (χ2n) is 8.57. The van der Waals surface area contributed by atoms with Gasteiger partial charge in [-0.1, -0.05) is 18.2 Å². The van der Waals surface area contributed by atoms with Crippen LogP contribution in [0.3, 0.4) is 0 Å². The number of para-hydroxylation sites is 1. The summed E-state index contributed by atoms with van der Waals surface area (Å²) in [6.45, 7) is 4.49. The van der Waals surface area contributed by atoms with Crippen LogP contribution in [0.4, 0.5) is 10.1 Å². The first-order valence-corrected chi connectivity index (χ1v) is 12.8. The smallest absolute Gasteiger partial charge is 0.226 e. The molecule has 184 valence electrons. The summed E-state index contributed by atoms with van der Waals surface area (Å²) >= 11 is 7.31. The van der Waals surface area contributed by atoms with Gasteiger partial charge in [0.25, 0.3) is 0 Å². The molecule has 1 fully saturated rings.